The average molecular weight is 291 g/mol. The Labute approximate surface area is 124 Å². The molecule has 1 aromatic rings. The van der Waals surface area contributed by atoms with E-state index in [2.05, 4.69) is 5.32 Å². The molecule has 0 radical (unpaired) electrons. The number of para-hydroxylation sites is 1. The Morgan fingerprint density at radius 1 is 1.33 bits per heavy atom. The molecule has 0 saturated carbocycles. The van der Waals surface area contributed by atoms with Gasteiger partial charge in [0.2, 0.25) is 11.8 Å². The molecule has 0 bridgehead atoms. The molecule has 1 heterocycles. The predicted octanol–water partition coefficient (Wildman–Crippen LogP) is 0.591. The van der Waals surface area contributed by atoms with Crippen LogP contribution in [0, 0.1) is 0 Å². The monoisotopic (exact) mass is 291 g/mol. The molecule has 1 aromatic carbocycles. The standard InChI is InChI=1S/C15H21N3O3/c16-9-15(20)18-8-4-7-13(10-18)21-11-14(19)17-12-5-2-1-3-6-12/h1-3,5-6,13H,4,7-11,16H2,(H,17,19). The minimum atomic E-state index is -0.191. The van der Waals surface area contributed by atoms with Gasteiger partial charge in [-0.3, -0.25) is 9.59 Å². The summed E-state index contributed by atoms with van der Waals surface area (Å²) in [5.41, 5.74) is 6.11. The van der Waals surface area contributed by atoms with E-state index in [-0.39, 0.29) is 31.1 Å². The van der Waals surface area contributed by atoms with Gasteiger partial charge in [-0.05, 0) is 25.0 Å². The summed E-state index contributed by atoms with van der Waals surface area (Å²) in [5.74, 6) is -0.263. The summed E-state index contributed by atoms with van der Waals surface area (Å²) in [5, 5.41) is 2.76. The van der Waals surface area contributed by atoms with Crippen molar-refractivity contribution in [2.75, 3.05) is 31.6 Å². The zero-order valence-corrected chi connectivity index (χ0v) is 12.0. The fourth-order valence-corrected chi connectivity index (χ4v) is 2.34. The Kier molecular flexibility index (Phi) is 5.71. The quantitative estimate of drug-likeness (QED) is 0.831. The van der Waals surface area contributed by atoms with Crippen LogP contribution in [0.2, 0.25) is 0 Å². The van der Waals surface area contributed by atoms with E-state index < -0.39 is 0 Å². The second-order valence-electron chi connectivity index (χ2n) is 5.03. The lowest BCUT2D eigenvalue weighted by atomic mass is 10.1. The molecule has 114 valence electrons. The molecule has 1 aliphatic rings. The third kappa shape index (κ3) is 4.84. The second-order valence-corrected chi connectivity index (χ2v) is 5.03. The van der Waals surface area contributed by atoms with Crippen molar-refractivity contribution in [3.8, 4) is 0 Å². The molecule has 6 heteroatoms. The Morgan fingerprint density at radius 2 is 2.10 bits per heavy atom. The van der Waals surface area contributed by atoms with Crippen LogP contribution in [0.4, 0.5) is 5.69 Å². The van der Waals surface area contributed by atoms with Crippen molar-refractivity contribution in [2.24, 2.45) is 5.73 Å². The van der Waals surface area contributed by atoms with Gasteiger partial charge in [-0.15, -0.1) is 0 Å². The van der Waals surface area contributed by atoms with Crippen molar-refractivity contribution >= 4 is 17.5 Å². The highest BCUT2D eigenvalue weighted by molar-refractivity contribution is 5.91. The fourth-order valence-electron chi connectivity index (χ4n) is 2.34. The molecular weight excluding hydrogens is 270 g/mol. The summed E-state index contributed by atoms with van der Waals surface area (Å²) >= 11 is 0. The molecule has 6 nitrogen and oxygen atoms in total. The van der Waals surface area contributed by atoms with E-state index in [9.17, 15) is 9.59 Å². The normalized spacial score (nSPS) is 18.3. The van der Waals surface area contributed by atoms with Gasteiger partial charge in [-0.1, -0.05) is 18.2 Å². The fraction of sp³-hybridized carbons (Fsp3) is 0.467. The molecular formula is C15H21N3O3. The number of benzene rings is 1. The molecule has 0 spiro atoms. The van der Waals surface area contributed by atoms with Crippen LogP contribution in [0.3, 0.4) is 0 Å². The first-order chi connectivity index (χ1) is 10.2. The molecule has 3 N–H and O–H groups in total. The first-order valence-electron chi connectivity index (χ1n) is 7.13. The zero-order valence-electron chi connectivity index (χ0n) is 12.0. The number of rotatable bonds is 5. The van der Waals surface area contributed by atoms with Gasteiger partial charge in [-0.25, -0.2) is 0 Å². The van der Waals surface area contributed by atoms with Crippen molar-refractivity contribution < 1.29 is 14.3 Å². The Hall–Kier alpha value is -1.92. The maximum absolute atomic E-state index is 11.8. The number of nitrogens with zero attached hydrogens (tertiary/aromatic N) is 1. The third-order valence-corrected chi connectivity index (χ3v) is 3.41. The lowest BCUT2D eigenvalue weighted by molar-refractivity contribution is -0.135. The summed E-state index contributed by atoms with van der Waals surface area (Å²) in [4.78, 5) is 25.0. The molecule has 1 unspecified atom stereocenters. The van der Waals surface area contributed by atoms with Gasteiger partial charge in [0.05, 0.1) is 12.6 Å². The maximum atomic E-state index is 11.8. The van der Waals surface area contributed by atoms with Crippen molar-refractivity contribution in [1.82, 2.24) is 4.90 Å². The van der Waals surface area contributed by atoms with Crippen molar-refractivity contribution in [1.29, 1.82) is 0 Å². The van der Waals surface area contributed by atoms with E-state index >= 15 is 0 Å². The molecule has 21 heavy (non-hydrogen) atoms. The van der Waals surface area contributed by atoms with Gasteiger partial charge in [0.1, 0.15) is 6.61 Å². The molecule has 1 atom stereocenters. The smallest absolute Gasteiger partial charge is 0.250 e. The van der Waals surface area contributed by atoms with E-state index in [0.717, 1.165) is 18.5 Å². The number of carbonyl (C=O) groups excluding carboxylic acids is 2. The van der Waals surface area contributed by atoms with Crippen LogP contribution in [0.15, 0.2) is 30.3 Å². The van der Waals surface area contributed by atoms with Gasteiger partial charge in [0, 0.05) is 18.8 Å². The topological polar surface area (TPSA) is 84.7 Å². The first-order valence-corrected chi connectivity index (χ1v) is 7.13. The first kappa shape index (κ1) is 15.5. The van der Waals surface area contributed by atoms with Gasteiger partial charge < -0.3 is 20.7 Å². The number of hydrogen-bond acceptors (Lipinski definition) is 4. The number of carbonyl (C=O) groups is 2. The average Bonchev–Trinajstić information content (AvgIpc) is 2.53. The van der Waals surface area contributed by atoms with Crippen LogP contribution in [-0.4, -0.2) is 49.1 Å². The minimum Gasteiger partial charge on any atom is -0.367 e. The van der Waals surface area contributed by atoms with Crippen LogP contribution in [0.25, 0.3) is 0 Å². The largest absolute Gasteiger partial charge is 0.367 e. The summed E-state index contributed by atoms with van der Waals surface area (Å²) in [6.07, 6.45) is 1.62. The van der Waals surface area contributed by atoms with Crippen molar-refractivity contribution in [3.05, 3.63) is 30.3 Å². The van der Waals surface area contributed by atoms with E-state index in [1.807, 2.05) is 30.3 Å². The summed E-state index contributed by atoms with van der Waals surface area (Å²) < 4.78 is 5.60. The Morgan fingerprint density at radius 3 is 2.81 bits per heavy atom. The highest BCUT2D eigenvalue weighted by atomic mass is 16.5. The van der Waals surface area contributed by atoms with Gasteiger partial charge in [-0.2, -0.15) is 0 Å². The Bertz CT molecular complexity index is 478. The maximum Gasteiger partial charge on any atom is 0.250 e. The zero-order chi connectivity index (χ0) is 15.1. The molecule has 2 amide bonds. The third-order valence-electron chi connectivity index (χ3n) is 3.41. The summed E-state index contributed by atoms with van der Waals surface area (Å²) in [7, 11) is 0. The van der Waals surface area contributed by atoms with Crippen LogP contribution in [0.5, 0.6) is 0 Å². The molecule has 1 fully saturated rings. The second kappa shape index (κ2) is 7.75. The summed E-state index contributed by atoms with van der Waals surface area (Å²) in [6, 6.07) is 9.24. The van der Waals surface area contributed by atoms with Crippen LogP contribution >= 0.6 is 0 Å². The molecule has 1 aliphatic heterocycles. The molecule has 2 rings (SSSR count). The van der Waals surface area contributed by atoms with Crippen molar-refractivity contribution in [2.45, 2.75) is 18.9 Å². The number of anilines is 1. The van der Waals surface area contributed by atoms with E-state index in [4.69, 9.17) is 10.5 Å². The van der Waals surface area contributed by atoms with Gasteiger partial charge in [0.15, 0.2) is 0 Å². The number of nitrogens with two attached hydrogens (primary N) is 1. The Balaban J connectivity index is 1.75. The molecule has 1 saturated heterocycles. The number of piperidine rings is 1. The number of amides is 2. The highest BCUT2D eigenvalue weighted by Gasteiger charge is 2.23. The number of ether oxygens (including phenoxy) is 1. The minimum absolute atomic E-state index is 0.00971. The summed E-state index contributed by atoms with van der Waals surface area (Å²) in [6.45, 7) is 1.23. The highest BCUT2D eigenvalue weighted by Crippen LogP contribution is 2.13. The SMILES string of the molecule is NCC(=O)N1CCCC(OCC(=O)Nc2ccccc2)C1. The van der Waals surface area contributed by atoms with E-state index in [0.29, 0.717) is 13.1 Å². The van der Waals surface area contributed by atoms with E-state index in [1.165, 1.54) is 0 Å². The number of likely N-dealkylation sites (tertiary alicyclic amines) is 1. The predicted molar refractivity (Wildman–Crippen MR) is 79.7 cm³/mol. The van der Waals surface area contributed by atoms with Crippen LogP contribution in [0.1, 0.15) is 12.8 Å². The van der Waals surface area contributed by atoms with Gasteiger partial charge in [0.25, 0.3) is 0 Å². The molecule has 0 aliphatic carbocycles. The van der Waals surface area contributed by atoms with E-state index in [1.54, 1.807) is 4.90 Å². The van der Waals surface area contributed by atoms with Gasteiger partial charge >= 0.3 is 0 Å². The van der Waals surface area contributed by atoms with Crippen molar-refractivity contribution in [3.63, 3.8) is 0 Å². The molecule has 0 aromatic heterocycles. The lowest BCUT2D eigenvalue weighted by Crippen LogP contribution is -2.46. The number of nitrogens with one attached hydrogen (secondary N) is 1. The number of hydrogen-bond donors (Lipinski definition) is 2. The van der Waals surface area contributed by atoms with Crippen LogP contribution in [-0.2, 0) is 14.3 Å². The van der Waals surface area contributed by atoms with Crippen LogP contribution < -0.4 is 11.1 Å². The lowest BCUT2D eigenvalue weighted by Gasteiger charge is -2.32.